The molecule has 30 heavy (non-hydrogen) atoms. The molecule has 2 aromatic heterocycles. The molecule has 0 amide bonds. The van der Waals surface area contributed by atoms with Crippen LogP contribution >= 0.6 is 11.8 Å². The summed E-state index contributed by atoms with van der Waals surface area (Å²) in [5.74, 6) is 0.326. The lowest BCUT2D eigenvalue weighted by atomic mass is 10.1. The highest BCUT2D eigenvalue weighted by Gasteiger charge is 2.29. The Morgan fingerprint density at radius 3 is 2.97 bits per heavy atom. The minimum atomic E-state index is -1.04. The lowest BCUT2D eigenvalue weighted by Crippen LogP contribution is -2.03. The Balaban J connectivity index is 1.66. The number of aromatic carboxylic acids is 1. The SMILES string of the molecule is COCc1noc(-c2cccc(-n3nc(C(=O)O)c4c3-c3ccccc3SC4)c2)n1. The number of benzene rings is 2. The van der Waals surface area contributed by atoms with Crippen LogP contribution in [0.25, 0.3) is 28.4 Å². The maximum absolute atomic E-state index is 11.9. The molecule has 0 atom stereocenters. The molecule has 2 aromatic carbocycles. The van der Waals surface area contributed by atoms with Gasteiger partial charge in [0.05, 0.1) is 11.4 Å². The quantitative estimate of drug-likeness (QED) is 0.516. The summed E-state index contributed by atoms with van der Waals surface area (Å²) in [6.07, 6.45) is 0. The third kappa shape index (κ3) is 3.08. The lowest BCUT2D eigenvalue weighted by Gasteiger charge is -2.18. The molecule has 0 fully saturated rings. The van der Waals surface area contributed by atoms with Crippen LogP contribution < -0.4 is 0 Å². The molecule has 0 saturated carbocycles. The van der Waals surface area contributed by atoms with E-state index >= 15 is 0 Å². The Bertz CT molecular complexity index is 1260. The summed E-state index contributed by atoms with van der Waals surface area (Å²) >= 11 is 1.62. The number of methoxy groups -OCH3 is 1. The normalized spacial score (nSPS) is 12.4. The minimum Gasteiger partial charge on any atom is -0.476 e. The van der Waals surface area contributed by atoms with Gasteiger partial charge < -0.3 is 14.4 Å². The van der Waals surface area contributed by atoms with Gasteiger partial charge in [0.25, 0.3) is 5.89 Å². The number of carbonyl (C=O) groups is 1. The summed E-state index contributed by atoms with van der Waals surface area (Å²) in [5.41, 5.74) is 3.97. The molecule has 3 heterocycles. The Morgan fingerprint density at radius 1 is 1.27 bits per heavy atom. The second kappa shape index (κ2) is 7.43. The largest absolute Gasteiger partial charge is 0.476 e. The smallest absolute Gasteiger partial charge is 0.356 e. The van der Waals surface area contributed by atoms with Gasteiger partial charge in [0.1, 0.15) is 6.61 Å². The second-order valence-electron chi connectivity index (χ2n) is 6.68. The maximum Gasteiger partial charge on any atom is 0.356 e. The van der Waals surface area contributed by atoms with Gasteiger partial charge in [-0.3, -0.25) is 0 Å². The van der Waals surface area contributed by atoms with Crippen molar-refractivity contribution in [1.29, 1.82) is 0 Å². The lowest BCUT2D eigenvalue weighted by molar-refractivity contribution is 0.0689. The molecule has 1 aliphatic rings. The molecule has 0 saturated heterocycles. The fraction of sp³-hybridized carbons (Fsp3) is 0.143. The van der Waals surface area contributed by atoms with Crippen LogP contribution in [0.1, 0.15) is 21.9 Å². The van der Waals surface area contributed by atoms with Gasteiger partial charge in [-0.1, -0.05) is 29.4 Å². The highest BCUT2D eigenvalue weighted by molar-refractivity contribution is 7.98. The average Bonchev–Trinajstić information content (AvgIpc) is 3.39. The summed E-state index contributed by atoms with van der Waals surface area (Å²) in [6, 6.07) is 15.4. The van der Waals surface area contributed by atoms with Crippen molar-refractivity contribution in [2.45, 2.75) is 17.3 Å². The number of thioether (sulfide) groups is 1. The highest BCUT2D eigenvalue weighted by atomic mass is 32.2. The predicted molar refractivity (Wildman–Crippen MR) is 110 cm³/mol. The van der Waals surface area contributed by atoms with Gasteiger partial charge >= 0.3 is 5.97 Å². The maximum atomic E-state index is 11.9. The van der Waals surface area contributed by atoms with E-state index in [2.05, 4.69) is 15.2 Å². The summed E-state index contributed by atoms with van der Waals surface area (Å²) in [7, 11) is 1.56. The molecule has 1 N–H and O–H groups in total. The fourth-order valence-corrected chi connectivity index (χ4v) is 4.56. The van der Waals surface area contributed by atoms with Gasteiger partial charge in [0.15, 0.2) is 11.5 Å². The molecule has 4 aromatic rings. The Hall–Kier alpha value is -3.43. The molecule has 0 unspecified atom stereocenters. The van der Waals surface area contributed by atoms with Gasteiger partial charge in [-0.2, -0.15) is 10.1 Å². The number of carboxylic acids is 1. The van der Waals surface area contributed by atoms with E-state index in [0.717, 1.165) is 21.7 Å². The zero-order chi connectivity index (χ0) is 20.7. The number of hydrogen-bond donors (Lipinski definition) is 1. The molecule has 5 rings (SSSR count). The molecule has 0 bridgehead atoms. The monoisotopic (exact) mass is 420 g/mol. The summed E-state index contributed by atoms with van der Waals surface area (Å²) < 4.78 is 12.1. The summed E-state index contributed by atoms with van der Waals surface area (Å²) in [6.45, 7) is 0.256. The van der Waals surface area contributed by atoms with Crippen molar-refractivity contribution in [3.05, 3.63) is 65.6 Å². The van der Waals surface area contributed by atoms with Crippen molar-refractivity contribution in [3.8, 4) is 28.4 Å². The number of carboxylic acid groups (broad SMARTS) is 1. The zero-order valence-corrected chi connectivity index (χ0v) is 16.7. The molecule has 1 aliphatic heterocycles. The van der Waals surface area contributed by atoms with Crippen molar-refractivity contribution >= 4 is 17.7 Å². The average molecular weight is 420 g/mol. The second-order valence-corrected chi connectivity index (χ2v) is 7.69. The number of fused-ring (bicyclic) bond motifs is 3. The molecule has 0 spiro atoms. The zero-order valence-electron chi connectivity index (χ0n) is 15.9. The van der Waals surface area contributed by atoms with E-state index in [1.165, 1.54) is 0 Å². The fourth-order valence-electron chi connectivity index (χ4n) is 3.49. The van der Waals surface area contributed by atoms with Gasteiger partial charge in [-0.15, -0.1) is 11.8 Å². The van der Waals surface area contributed by atoms with Crippen LogP contribution in [0.5, 0.6) is 0 Å². The summed E-state index contributed by atoms with van der Waals surface area (Å²) in [4.78, 5) is 17.3. The molecule has 0 radical (unpaired) electrons. The van der Waals surface area contributed by atoms with E-state index in [4.69, 9.17) is 9.26 Å². The van der Waals surface area contributed by atoms with Crippen molar-refractivity contribution < 1.29 is 19.2 Å². The third-order valence-electron chi connectivity index (χ3n) is 4.78. The van der Waals surface area contributed by atoms with E-state index in [1.54, 1.807) is 23.6 Å². The van der Waals surface area contributed by atoms with E-state index in [9.17, 15) is 9.90 Å². The number of rotatable bonds is 5. The first-order chi connectivity index (χ1) is 14.7. The van der Waals surface area contributed by atoms with Gasteiger partial charge in [-0.05, 0) is 24.3 Å². The van der Waals surface area contributed by atoms with Crippen LogP contribution in [-0.4, -0.2) is 38.1 Å². The first kappa shape index (κ1) is 18.6. The summed E-state index contributed by atoms with van der Waals surface area (Å²) in [5, 5.41) is 18.0. The Kier molecular flexibility index (Phi) is 4.61. The van der Waals surface area contributed by atoms with Gasteiger partial charge in [-0.25, -0.2) is 9.48 Å². The number of hydrogen-bond acceptors (Lipinski definition) is 7. The molecular weight excluding hydrogens is 404 g/mol. The van der Waals surface area contributed by atoms with Crippen molar-refractivity contribution in [3.63, 3.8) is 0 Å². The number of ether oxygens (including phenoxy) is 1. The molecule has 9 heteroatoms. The highest BCUT2D eigenvalue weighted by Crippen LogP contribution is 2.43. The predicted octanol–water partition coefficient (Wildman–Crippen LogP) is 4.04. The number of nitrogens with zero attached hydrogens (tertiary/aromatic N) is 4. The third-order valence-corrected chi connectivity index (χ3v) is 5.88. The Morgan fingerprint density at radius 2 is 2.13 bits per heavy atom. The van der Waals surface area contributed by atoms with Crippen LogP contribution in [0.2, 0.25) is 0 Å². The van der Waals surface area contributed by atoms with Crippen LogP contribution in [0.15, 0.2) is 57.9 Å². The van der Waals surface area contributed by atoms with E-state index in [0.29, 0.717) is 28.7 Å². The van der Waals surface area contributed by atoms with Crippen molar-refractivity contribution in [1.82, 2.24) is 19.9 Å². The van der Waals surface area contributed by atoms with Crippen molar-refractivity contribution in [2.24, 2.45) is 0 Å². The van der Waals surface area contributed by atoms with Crippen molar-refractivity contribution in [2.75, 3.05) is 7.11 Å². The molecular formula is C21H16N4O4S. The molecule has 150 valence electrons. The molecule has 0 aliphatic carbocycles. The first-order valence-corrected chi connectivity index (χ1v) is 10.1. The van der Waals surface area contributed by atoms with E-state index in [-0.39, 0.29) is 12.3 Å². The topological polar surface area (TPSA) is 103 Å². The van der Waals surface area contributed by atoms with Crippen LogP contribution in [-0.2, 0) is 17.1 Å². The number of aromatic nitrogens is 4. The van der Waals surface area contributed by atoms with E-state index in [1.807, 2.05) is 48.5 Å². The standard InChI is InChI=1S/C21H16N4O4S/c1-28-10-17-22-20(29-24-17)12-5-4-6-13(9-12)25-19-14-7-2-3-8-16(14)30-11-15(19)18(23-25)21(26)27/h2-9H,10-11H2,1H3,(H,26,27). The van der Waals surface area contributed by atoms with Gasteiger partial charge in [0.2, 0.25) is 0 Å². The van der Waals surface area contributed by atoms with Crippen LogP contribution in [0.4, 0.5) is 0 Å². The Labute approximate surface area is 175 Å². The first-order valence-electron chi connectivity index (χ1n) is 9.15. The van der Waals surface area contributed by atoms with Crippen LogP contribution in [0.3, 0.4) is 0 Å². The van der Waals surface area contributed by atoms with E-state index < -0.39 is 5.97 Å². The van der Waals surface area contributed by atoms with Crippen LogP contribution in [0, 0.1) is 0 Å². The molecule has 8 nitrogen and oxygen atoms in total. The minimum absolute atomic E-state index is 0.0672. The van der Waals surface area contributed by atoms with Gasteiger partial charge in [0, 0.05) is 34.4 Å².